The van der Waals surface area contributed by atoms with E-state index in [1.165, 1.54) is 0 Å². The molecule has 1 fully saturated rings. The van der Waals surface area contributed by atoms with Gasteiger partial charge in [0.1, 0.15) is 0 Å². The Bertz CT molecular complexity index is 184. The minimum Gasteiger partial charge on any atom is -0.385 e. The first-order valence-electron chi connectivity index (χ1n) is 5.26. The summed E-state index contributed by atoms with van der Waals surface area (Å²) in [6.07, 6.45) is 2.93. The Hall–Kier alpha value is -0.320. The average molecular weight is 237 g/mol. The van der Waals surface area contributed by atoms with Gasteiger partial charge in [-0.3, -0.25) is 4.79 Å². The van der Waals surface area contributed by atoms with Crippen molar-refractivity contribution in [2.24, 2.45) is 0 Å². The Balaban J connectivity index is 0.00000196. The van der Waals surface area contributed by atoms with Crippen molar-refractivity contribution in [2.75, 3.05) is 20.3 Å². The molecule has 0 spiro atoms. The van der Waals surface area contributed by atoms with Crippen LogP contribution in [0.1, 0.15) is 26.2 Å². The SMILES string of the molecule is COCCC(C)NC(=O)C1CCCN1.Cl. The summed E-state index contributed by atoms with van der Waals surface area (Å²) >= 11 is 0. The summed E-state index contributed by atoms with van der Waals surface area (Å²) in [5.74, 6) is 0.131. The van der Waals surface area contributed by atoms with Crippen molar-refractivity contribution in [2.45, 2.75) is 38.3 Å². The smallest absolute Gasteiger partial charge is 0.237 e. The number of hydrogen-bond donors (Lipinski definition) is 2. The van der Waals surface area contributed by atoms with E-state index in [0.717, 1.165) is 25.8 Å². The largest absolute Gasteiger partial charge is 0.385 e. The molecule has 1 aliphatic rings. The number of amides is 1. The van der Waals surface area contributed by atoms with Crippen LogP contribution in [0.5, 0.6) is 0 Å². The summed E-state index contributed by atoms with van der Waals surface area (Å²) < 4.78 is 4.95. The molecule has 2 atom stereocenters. The second kappa shape index (κ2) is 7.91. The lowest BCUT2D eigenvalue weighted by atomic mass is 10.2. The Morgan fingerprint density at radius 2 is 2.40 bits per heavy atom. The fourth-order valence-electron chi connectivity index (χ4n) is 1.62. The molecule has 0 bridgehead atoms. The van der Waals surface area contributed by atoms with Gasteiger partial charge in [-0.25, -0.2) is 0 Å². The first-order valence-corrected chi connectivity index (χ1v) is 5.26. The van der Waals surface area contributed by atoms with Gasteiger partial charge in [-0.15, -0.1) is 12.4 Å². The van der Waals surface area contributed by atoms with E-state index in [1.807, 2.05) is 6.92 Å². The summed E-state index contributed by atoms with van der Waals surface area (Å²) in [4.78, 5) is 11.6. The van der Waals surface area contributed by atoms with Crippen molar-refractivity contribution in [1.29, 1.82) is 0 Å². The first-order chi connectivity index (χ1) is 6.74. The molecule has 0 radical (unpaired) electrons. The maximum atomic E-state index is 11.6. The third-order valence-electron chi connectivity index (χ3n) is 2.52. The molecule has 1 amide bonds. The third-order valence-corrected chi connectivity index (χ3v) is 2.52. The van der Waals surface area contributed by atoms with E-state index in [4.69, 9.17) is 4.74 Å². The molecular weight excluding hydrogens is 216 g/mol. The second-order valence-corrected chi connectivity index (χ2v) is 3.84. The van der Waals surface area contributed by atoms with Crippen LogP contribution in [0.15, 0.2) is 0 Å². The standard InChI is InChI=1S/C10H20N2O2.ClH/c1-8(5-7-14-2)12-10(13)9-4-3-6-11-9;/h8-9,11H,3-7H2,1-2H3,(H,12,13);1H. The van der Waals surface area contributed by atoms with Crippen molar-refractivity contribution in [3.63, 3.8) is 0 Å². The lowest BCUT2D eigenvalue weighted by Crippen LogP contribution is -2.44. The van der Waals surface area contributed by atoms with Crippen LogP contribution in [0.25, 0.3) is 0 Å². The Morgan fingerprint density at radius 3 is 2.93 bits per heavy atom. The van der Waals surface area contributed by atoms with Gasteiger partial charge in [0.15, 0.2) is 0 Å². The summed E-state index contributed by atoms with van der Waals surface area (Å²) in [6, 6.07) is 0.227. The number of ether oxygens (including phenoxy) is 1. The van der Waals surface area contributed by atoms with Crippen LogP contribution in [0, 0.1) is 0 Å². The molecule has 1 saturated heterocycles. The van der Waals surface area contributed by atoms with Crippen LogP contribution in [0.3, 0.4) is 0 Å². The van der Waals surface area contributed by atoms with Gasteiger partial charge >= 0.3 is 0 Å². The predicted octanol–water partition coefficient (Wildman–Crippen LogP) is 0.701. The highest BCUT2D eigenvalue weighted by Gasteiger charge is 2.22. The molecule has 90 valence electrons. The van der Waals surface area contributed by atoms with Crippen molar-refractivity contribution < 1.29 is 9.53 Å². The summed E-state index contributed by atoms with van der Waals surface area (Å²) in [6.45, 7) is 3.66. The maximum Gasteiger partial charge on any atom is 0.237 e. The number of rotatable bonds is 5. The number of carbonyl (C=O) groups is 1. The lowest BCUT2D eigenvalue weighted by Gasteiger charge is -2.16. The molecule has 2 unspecified atom stereocenters. The highest BCUT2D eigenvalue weighted by atomic mass is 35.5. The van der Waals surface area contributed by atoms with Gasteiger partial charge in [-0.2, -0.15) is 0 Å². The molecule has 0 aliphatic carbocycles. The van der Waals surface area contributed by atoms with Crippen LogP contribution >= 0.6 is 12.4 Å². The monoisotopic (exact) mass is 236 g/mol. The van der Waals surface area contributed by atoms with Gasteiger partial charge in [-0.1, -0.05) is 0 Å². The molecule has 0 aromatic rings. The summed E-state index contributed by atoms with van der Waals surface area (Å²) in [5, 5.41) is 6.15. The zero-order valence-electron chi connectivity index (χ0n) is 9.41. The number of carbonyl (C=O) groups excluding carboxylic acids is 1. The Labute approximate surface area is 97.5 Å². The van der Waals surface area contributed by atoms with Crippen LogP contribution in [-0.2, 0) is 9.53 Å². The first kappa shape index (κ1) is 14.7. The average Bonchev–Trinajstić information content (AvgIpc) is 2.67. The van der Waals surface area contributed by atoms with Crippen molar-refractivity contribution in [3.05, 3.63) is 0 Å². The summed E-state index contributed by atoms with van der Waals surface area (Å²) in [7, 11) is 1.67. The molecule has 0 saturated carbocycles. The molecule has 2 N–H and O–H groups in total. The fourth-order valence-corrected chi connectivity index (χ4v) is 1.62. The predicted molar refractivity (Wildman–Crippen MR) is 62.4 cm³/mol. The molecule has 5 heteroatoms. The van der Waals surface area contributed by atoms with Crippen LogP contribution in [0.4, 0.5) is 0 Å². The van der Waals surface area contributed by atoms with Gasteiger partial charge in [0, 0.05) is 19.8 Å². The van der Waals surface area contributed by atoms with Crippen LogP contribution in [-0.4, -0.2) is 38.3 Å². The number of halogens is 1. The molecule has 1 rings (SSSR count). The fraction of sp³-hybridized carbons (Fsp3) is 0.900. The van der Waals surface area contributed by atoms with E-state index in [0.29, 0.717) is 6.61 Å². The minimum absolute atomic E-state index is 0. The quantitative estimate of drug-likeness (QED) is 0.739. The van der Waals surface area contributed by atoms with E-state index < -0.39 is 0 Å². The zero-order valence-corrected chi connectivity index (χ0v) is 10.2. The Morgan fingerprint density at radius 1 is 1.67 bits per heavy atom. The van der Waals surface area contributed by atoms with E-state index in [9.17, 15) is 4.79 Å². The van der Waals surface area contributed by atoms with Gasteiger partial charge < -0.3 is 15.4 Å². The van der Waals surface area contributed by atoms with E-state index in [-0.39, 0.29) is 30.4 Å². The van der Waals surface area contributed by atoms with Crippen LogP contribution < -0.4 is 10.6 Å². The molecule has 1 aliphatic heterocycles. The second-order valence-electron chi connectivity index (χ2n) is 3.84. The van der Waals surface area contributed by atoms with Crippen LogP contribution in [0.2, 0.25) is 0 Å². The molecule has 1 heterocycles. The lowest BCUT2D eigenvalue weighted by molar-refractivity contribution is -0.123. The zero-order chi connectivity index (χ0) is 10.4. The topological polar surface area (TPSA) is 50.4 Å². The minimum atomic E-state index is 0. The number of nitrogens with one attached hydrogen (secondary N) is 2. The van der Waals surface area contributed by atoms with Gasteiger partial charge in [0.05, 0.1) is 6.04 Å². The van der Waals surface area contributed by atoms with E-state index >= 15 is 0 Å². The summed E-state index contributed by atoms with van der Waals surface area (Å²) in [5.41, 5.74) is 0. The number of methoxy groups -OCH3 is 1. The third kappa shape index (κ3) is 5.35. The molecular formula is C10H21ClN2O2. The van der Waals surface area contributed by atoms with E-state index in [2.05, 4.69) is 10.6 Å². The van der Waals surface area contributed by atoms with E-state index in [1.54, 1.807) is 7.11 Å². The van der Waals surface area contributed by atoms with Crippen molar-refractivity contribution >= 4 is 18.3 Å². The van der Waals surface area contributed by atoms with Gasteiger partial charge in [0.25, 0.3) is 0 Å². The van der Waals surface area contributed by atoms with Gasteiger partial charge in [-0.05, 0) is 32.7 Å². The normalized spacial score (nSPS) is 21.9. The molecule has 15 heavy (non-hydrogen) atoms. The molecule has 0 aromatic carbocycles. The maximum absolute atomic E-state index is 11.6. The molecule has 0 aromatic heterocycles. The molecule has 4 nitrogen and oxygen atoms in total. The van der Waals surface area contributed by atoms with Crippen molar-refractivity contribution in [1.82, 2.24) is 10.6 Å². The number of hydrogen-bond acceptors (Lipinski definition) is 3. The highest BCUT2D eigenvalue weighted by molar-refractivity contribution is 5.85. The van der Waals surface area contributed by atoms with Gasteiger partial charge in [0.2, 0.25) is 5.91 Å². The Kier molecular flexibility index (Phi) is 7.74. The van der Waals surface area contributed by atoms with Crippen molar-refractivity contribution in [3.8, 4) is 0 Å². The highest BCUT2D eigenvalue weighted by Crippen LogP contribution is 2.05.